The van der Waals surface area contributed by atoms with Gasteiger partial charge in [0.25, 0.3) is 5.91 Å². The van der Waals surface area contributed by atoms with Crippen LogP contribution in [0.4, 0.5) is 0 Å². The van der Waals surface area contributed by atoms with E-state index in [4.69, 9.17) is 10.2 Å². The van der Waals surface area contributed by atoms with Crippen LogP contribution in [-0.2, 0) is 0 Å². The molecule has 1 aliphatic heterocycles. The maximum Gasteiger partial charge on any atom is 0.289 e. The first-order chi connectivity index (χ1) is 10.0. The van der Waals surface area contributed by atoms with E-state index < -0.39 is 0 Å². The van der Waals surface area contributed by atoms with Gasteiger partial charge >= 0.3 is 0 Å². The van der Waals surface area contributed by atoms with Crippen LogP contribution in [0, 0.1) is 26.7 Å². The van der Waals surface area contributed by atoms with Crippen molar-refractivity contribution in [3.05, 3.63) is 34.6 Å². The highest BCUT2D eigenvalue weighted by molar-refractivity contribution is 6.00. The van der Waals surface area contributed by atoms with Crippen molar-refractivity contribution in [2.75, 3.05) is 19.6 Å². The number of nitrogens with two attached hydrogens (primary N) is 1. The molecule has 0 spiro atoms. The molecule has 1 atom stereocenters. The molecule has 0 radical (unpaired) electrons. The number of rotatable bonds is 2. The number of hydrogen-bond acceptors (Lipinski definition) is 3. The Hall–Kier alpha value is -1.81. The van der Waals surface area contributed by atoms with Crippen LogP contribution in [0.1, 0.15) is 33.7 Å². The minimum Gasteiger partial charge on any atom is -0.450 e. The van der Waals surface area contributed by atoms with E-state index in [9.17, 15) is 4.79 Å². The van der Waals surface area contributed by atoms with E-state index in [0.29, 0.717) is 18.2 Å². The molecule has 1 fully saturated rings. The molecule has 112 valence electrons. The minimum absolute atomic E-state index is 0.00144. The lowest BCUT2D eigenvalue weighted by Gasteiger charge is -2.14. The predicted octanol–water partition coefficient (Wildman–Crippen LogP) is 2.78. The number of carbonyl (C=O) groups is 1. The summed E-state index contributed by atoms with van der Waals surface area (Å²) in [6, 6.07) is 4.12. The number of likely N-dealkylation sites (tertiary alicyclic amines) is 1. The smallest absolute Gasteiger partial charge is 0.289 e. The van der Waals surface area contributed by atoms with E-state index in [-0.39, 0.29) is 5.91 Å². The third-order valence-electron chi connectivity index (χ3n) is 4.58. The summed E-state index contributed by atoms with van der Waals surface area (Å²) in [5, 5.41) is 1.08. The highest BCUT2D eigenvalue weighted by Gasteiger charge is 2.30. The Balaban J connectivity index is 2.01. The number of nitrogens with zero attached hydrogens (tertiary/aromatic N) is 1. The van der Waals surface area contributed by atoms with Crippen molar-refractivity contribution < 1.29 is 9.21 Å². The molecule has 1 aliphatic rings. The third-order valence-corrected chi connectivity index (χ3v) is 4.58. The first-order valence-electron chi connectivity index (χ1n) is 7.51. The van der Waals surface area contributed by atoms with Gasteiger partial charge in [-0.15, -0.1) is 0 Å². The van der Waals surface area contributed by atoms with Gasteiger partial charge in [-0.1, -0.05) is 12.1 Å². The van der Waals surface area contributed by atoms with Crippen LogP contribution in [0.15, 0.2) is 16.5 Å². The van der Waals surface area contributed by atoms with Crippen molar-refractivity contribution >= 4 is 16.9 Å². The molecule has 2 N–H and O–H groups in total. The molecule has 21 heavy (non-hydrogen) atoms. The molecule has 2 aromatic rings. The van der Waals surface area contributed by atoms with Crippen molar-refractivity contribution in [2.24, 2.45) is 11.7 Å². The molecule has 4 nitrogen and oxygen atoms in total. The van der Waals surface area contributed by atoms with E-state index in [1.807, 2.05) is 24.8 Å². The average Bonchev–Trinajstić information content (AvgIpc) is 3.07. The molecular formula is C17H22N2O2. The van der Waals surface area contributed by atoms with Crippen LogP contribution in [0.2, 0.25) is 0 Å². The molecule has 2 heterocycles. The minimum atomic E-state index is -0.00144. The number of hydrogen-bond donors (Lipinski definition) is 1. The summed E-state index contributed by atoms with van der Waals surface area (Å²) in [4.78, 5) is 14.6. The van der Waals surface area contributed by atoms with Gasteiger partial charge < -0.3 is 15.1 Å². The zero-order valence-electron chi connectivity index (χ0n) is 12.9. The standard InChI is InChI=1S/C17H22N2O2/c1-10-4-5-11(2)15-14(10)12(3)16(21-15)17(20)19-7-6-13(8-18)9-19/h4-5,13H,6-9,18H2,1-3H3/t13-/m1/s1. The van der Waals surface area contributed by atoms with Gasteiger partial charge in [-0.3, -0.25) is 4.79 Å². The summed E-state index contributed by atoms with van der Waals surface area (Å²) < 4.78 is 5.93. The number of benzene rings is 1. The summed E-state index contributed by atoms with van der Waals surface area (Å²) in [6.45, 7) is 8.19. The van der Waals surface area contributed by atoms with Gasteiger partial charge in [-0.25, -0.2) is 0 Å². The second kappa shape index (κ2) is 5.19. The SMILES string of the molecule is Cc1ccc(C)c2c(C)c(C(=O)N3CC[C@H](CN)C3)oc12. The van der Waals surface area contributed by atoms with Crippen molar-refractivity contribution in [1.29, 1.82) is 0 Å². The van der Waals surface area contributed by atoms with E-state index in [2.05, 4.69) is 13.0 Å². The van der Waals surface area contributed by atoms with Gasteiger partial charge in [-0.05, 0) is 50.8 Å². The summed E-state index contributed by atoms with van der Waals surface area (Å²) >= 11 is 0. The topological polar surface area (TPSA) is 59.5 Å². The van der Waals surface area contributed by atoms with E-state index in [0.717, 1.165) is 47.2 Å². The highest BCUT2D eigenvalue weighted by atomic mass is 16.3. The molecule has 4 heteroatoms. The second-order valence-electron chi connectivity index (χ2n) is 6.10. The first-order valence-corrected chi connectivity index (χ1v) is 7.51. The number of fused-ring (bicyclic) bond motifs is 1. The van der Waals surface area contributed by atoms with Gasteiger partial charge in [0.05, 0.1) is 0 Å². The Labute approximate surface area is 124 Å². The zero-order valence-corrected chi connectivity index (χ0v) is 12.9. The molecule has 0 unspecified atom stereocenters. The molecule has 1 aromatic heterocycles. The quantitative estimate of drug-likeness (QED) is 0.923. The summed E-state index contributed by atoms with van der Waals surface area (Å²) in [6.07, 6.45) is 0.986. The van der Waals surface area contributed by atoms with Gasteiger partial charge in [0, 0.05) is 24.0 Å². The lowest BCUT2D eigenvalue weighted by molar-refractivity contribution is 0.0757. The Morgan fingerprint density at radius 2 is 2.05 bits per heavy atom. The summed E-state index contributed by atoms with van der Waals surface area (Å²) in [5.74, 6) is 0.903. The molecule has 0 saturated carbocycles. The Kier molecular flexibility index (Phi) is 3.49. The van der Waals surface area contributed by atoms with Crippen molar-refractivity contribution in [2.45, 2.75) is 27.2 Å². The Morgan fingerprint density at radius 3 is 2.67 bits per heavy atom. The zero-order chi connectivity index (χ0) is 15.1. The van der Waals surface area contributed by atoms with Crippen LogP contribution >= 0.6 is 0 Å². The largest absolute Gasteiger partial charge is 0.450 e. The molecule has 1 saturated heterocycles. The highest BCUT2D eigenvalue weighted by Crippen LogP contribution is 2.32. The van der Waals surface area contributed by atoms with Gasteiger partial charge in [-0.2, -0.15) is 0 Å². The van der Waals surface area contributed by atoms with Crippen LogP contribution in [0.3, 0.4) is 0 Å². The maximum atomic E-state index is 12.7. The molecule has 3 rings (SSSR count). The predicted molar refractivity (Wildman–Crippen MR) is 83.5 cm³/mol. The molecule has 1 aromatic carbocycles. The van der Waals surface area contributed by atoms with E-state index in [1.165, 1.54) is 0 Å². The van der Waals surface area contributed by atoms with E-state index in [1.54, 1.807) is 0 Å². The molecule has 0 aliphatic carbocycles. The fraction of sp³-hybridized carbons (Fsp3) is 0.471. The van der Waals surface area contributed by atoms with Crippen molar-refractivity contribution in [3.8, 4) is 0 Å². The lowest BCUT2D eigenvalue weighted by Crippen LogP contribution is -2.30. The maximum absolute atomic E-state index is 12.7. The first kappa shape index (κ1) is 14.1. The number of aryl methyl sites for hydroxylation is 3. The molecular weight excluding hydrogens is 264 g/mol. The summed E-state index contributed by atoms with van der Waals surface area (Å²) in [7, 11) is 0. The van der Waals surface area contributed by atoms with Gasteiger partial charge in [0.15, 0.2) is 5.76 Å². The van der Waals surface area contributed by atoms with Crippen LogP contribution in [0.5, 0.6) is 0 Å². The number of amides is 1. The Morgan fingerprint density at radius 1 is 1.33 bits per heavy atom. The van der Waals surface area contributed by atoms with Crippen molar-refractivity contribution in [1.82, 2.24) is 4.90 Å². The Bertz CT molecular complexity index is 702. The number of carbonyl (C=O) groups excluding carboxylic acids is 1. The summed E-state index contributed by atoms with van der Waals surface area (Å²) in [5.41, 5.74) is 9.71. The van der Waals surface area contributed by atoms with Crippen LogP contribution in [0.25, 0.3) is 11.0 Å². The van der Waals surface area contributed by atoms with E-state index >= 15 is 0 Å². The second-order valence-corrected chi connectivity index (χ2v) is 6.10. The average molecular weight is 286 g/mol. The fourth-order valence-electron chi connectivity index (χ4n) is 3.23. The molecule has 1 amide bonds. The lowest BCUT2D eigenvalue weighted by atomic mass is 10.0. The van der Waals surface area contributed by atoms with Crippen LogP contribution in [-0.4, -0.2) is 30.4 Å². The normalized spacial score (nSPS) is 18.7. The number of furan rings is 1. The fourth-order valence-corrected chi connectivity index (χ4v) is 3.23. The molecule has 0 bridgehead atoms. The van der Waals surface area contributed by atoms with Gasteiger partial charge in [0.2, 0.25) is 0 Å². The third kappa shape index (κ3) is 2.23. The van der Waals surface area contributed by atoms with Gasteiger partial charge in [0.1, 0.15) is 5.58 Å². The van der Waals surface area contributed by atoms with Crippen LogP contribution < -0.4 is 5.73 Å². The van der Waals surface area contributed by atoms with Crippen molar-refractivity contribution in [3.63, 3.8) is 0 Å². The monoisotopic (exact) mass is 286 g/mol.